The van der Waals surface area contributed by atoms with E-state index in [1.807, 2.05) is 6.08 Å². The first-order valence-corrected chi connectivity index (χ1v) is 4.36. The predicted octanol–water partition coefficient (Wildman–Crippen LogP) is 0.986. The smallest absolute Gasteiger partial charge is 0.225 e. The Morgan fingerprint density at radius 3 is 2.86 bits per heavy atom. The van der Waals surface area contributed by atoms with Gasteiger partial charge in [-0.2, -0.15) is 9.97 Å². The maximum atomic E-state index is 5.46. The number of aromatic nitrogens is 2. The summed E-state index contributed by atoms with van der Waals surface area (Å²) < 4.78 is 5.31. The van der Waals surface area contributed by atoms with Crippen LogP contribution < -0.4 is 16.2 Å². The summed E-state index contributed by atoms with van der Waals surface area (Å²) in [4.78, 5) is 7.60. The molecule has 1 heterocycles. The lowest BCUT2D eigenvalue weighted by Gasteiger charge is -2.04. The lowest BCUT2D eigenvalue weighted by Crippen LogP contribution is -2.04. The van der Waals surface area contributed by atoms with E-state index < -0.39 is 0 Å². The summed E-state index contributed by atoms with van der Waals surface area (Å²) in [5, 5.41) is 0. The number of unbranched alkanes of at least 4 members (excludes halogenated alkanes) is 1. The highest BCUT2D eigenvalue weighted by atomic mass is 16.5. The van der Waals surface area contributed by atoms with Crippen molar-refractivity contribution in [1.82, 2.24) is 9.97 Å². The molecule has 0 saturated carbocycles. The van der Waals surface area contributed by atoms with Crippen LogP contribution >= 0.6 is 0 Å². The molecule has 14 heavy (non-hydrogen) atoms. The molecule has 0 radical (unpaired) electrons. The molecule has 0 unspecified atom stereocenters. The third-order valence-corrected chi connectivity index (χ3v) is 1.54. The van der Waals surface area contributed by atoms with Crippen LogP contribution in [0.1, 0.15) is 12.8 Å². The van der Waals surface area contributed by atoms with Gasteiger partial charge < -0.3 is 16.2 Å². The molecule has 4 N–H and O–H groups in total. The van der Waals surface area contributed by atoms with Gasteiger partial charge in [0.2, 0.25) is 11.8 Å². The lowest BCUT2D eigenvalue weighted by molar-refractivity contribution is 0.300. The Kier molecular flexibility index (Phi) is 3.72. The molecule has 76 valence electrons. The molecule has 1 aromatic rings. The summed E-state index contributed by atoms with van der Waals surface area (Å²) in [5.41, 5.74) is 10.9. The second-order valence-corrected chi connectivity index (χ2v) is 2.77. The molecule has 0 atom stereocenters. The molecule has 0 aliphatic carbocycles. The van der Waals surface area contributed by atoms with E-state index in [0.29, 0.717) is 18.3 Å². The molecule has 0 amide bonds. The minimum Gasteiger partial charge on any atom is -0.477 e. The molecule has 0 bridgehead atoms. The second kappa shape index (κ2) is 5.06. The maximum Gasteiger partial charge on any atom is 0.225 e. The topological polar surface area (TPSA) is 87.0 Å². The molecule has 0 fully saturated rings. The van der Waals surface area contributed by atoms with Gasteiger partial charge in [-0.15, -0.1) is 6.58 Å². The van der Waals surface area contributed by atoms with Crippen LogP contribution in [0.4, 0.5) is 11.8 Å². The van der Waals surface area contributed by atoms with Crippen molar-refractivity contribution in [2.75, 3.05) is 18.1 Å². The number of rotatable bonds is 5. The van der Waals surface area contributed by atoms with E-state index in [4.69, 9.17) is 16.2 Å². The summed E-state index contributed by atoms with van der Waals surface area (Å²) in [5.74, 6) is 0.860. The van der Waals surface area contributed by atoms with Gasteiger partial charge in [0.15, 0.2) is 0 Å². The summed E-state index contributed by atoms with van der Waals surface area (Å²) in [6.07, 6.45) is 3.65. The highest BCUT2D eigenvalue weighted by Crippen LogP contribution is 2.11. The largest absolute Gasteiger partial charge is 0.477 e. The van der Waals surface area contributed by atoms with Crippen LogP contribution in [0.25, 0.3) is 0 Å². The van der Waals surface area contributed by atoms with Crippen LogP contribution in [0.2, 0.25) is 0 Å². The third-order valence-electron chi connectivity index (χ3n) is 1.54. The molecular weight excluding hydrogens is 180 g/mol. The van der Waals surface area contributed by atoms with Crippen molar-refractivity contribution < 1.29 is 4.74 Å². The third kappa shape index (κ3) is 3.30. The predicted molar refractivity (Wildman–Crippen MR) is 55.8 cm³/mol. The number of nitrogen functional groups attached to an aromatic ring is 2. The van der Waals surface area contributed by atoms with Crippen molar-refractivity contribution in [2.24, 2.45) is 0 Å². The minimum atomic E-state index is 0.128. The molecule has 5 nitrogen and oxygen atoms in total. The number of nitrogens with two attached hydrogens (primary N) is 2. The zero-order valence-electron chi connectivity index (χ0n) is 7.94. The Morgan fingerprint density at radius 2 is 2.21 bits per heavy atom. The van der Waals surface area contributed by atoms with Crippen LogP contribution in [-0.4, -0.2) is 16.6 Å². The summed E-state index contributed by atoms with van der Waals surface area (Å²) in [6, 6.07) is 1.55. The zero-order valence-corrected chi connectivity index (χ0v) is 7.94. The van der Waals surface area contributed by atoms with E-state index in [2.05, 4.69) is 16.5 Å². The quantitative estimate of drug-likeness (QED) is 0.539. The number of hydrogen-bond donors (Lipinski definition) is 2. The van der Waals surface area contributed by atoms with Crippen LogP contribution in [0.5, 0.6) is 5.88 Å². The van der Waals surface area contributed by atoms with E-state index in [1.165, 1.54) is 0 Å². The van der Waals surface area contributed by atoms with Crippen molar-refractivity contribution in [1.29, 1.82) is 0 Å². The Labute approximate surface area is 82.8 Å². The van der Waals surface area contributed by atoms with E-state index in [0.717, 1.165) is 12.8 Å². The van der Waals surface area contributed by atoms with Crippen molar-refractivity contribution in [3.8, 4) is 5.88 Å². The van der Waals surface area contributed by atoms with Gasteiger partial charge in [-0.25, -0.2) is 0 Å². The first-order chi connectivity index (χ1) is 6.72. The van der Waals surface area contributed by atoms with Gasteiger partial charge in [-0.3, -0.25) is 0 Å². The van der Waals surface area contributed by atoms with Crippen LogP contribution in [0, 0.1) is 0 Å². The van der Waals surface area contributed by atoms with Gasteiger partial charge in [0.1, 0.15) is 5.82 Å². The first kappa shape index (κ1) is 10.3. The van der Waals surface area contributed by atoms with E-state index in [1.54, 1.807) is 6.07 Å². The van der Waals surface area contributed by atoms with Crippen LogP contribution in [0.15, 0.2) is 18.7 Å². The van der Waals surface area contributed by atoms with E-state index >= 15 is 0 Å². The number of hydrogen-bond acceptors (Lipinski definition) is 5. The van der Waals surface area contributed by atoms with Crippen LogP contribution in [-0.2, 0) is 0 Å². The Balaban J connectivity index is 2.46. The Hall–Kier alpha value is -1.78. The van der Waals surface area contributed by atoms with Crippen molar-refractivity contribution in [2.45, 2.75) is 12.8 Å². The molecule has 0 aliphatic rings. The first-order valence-electron chi connectivity index (χ1n) is 4.36. The maximum absolute atomic E-state index is 5.46. The van der Waals surface area contributed by atoms with Crippen LogP contribution in [0.3, 0.4) is 0 Å². The average Bonchev–Trinajstić information content (AvgIpc) is 2.11. The molecule has 5 heteroatoms. The summed E-state index contributed by atoms with van der Waals surface area (Å²) in [6.45, 7) is 4.18. The lowest BCUT2D eigenvalue weighted by atomic mass is 10.3. The minimum absolute atomic E-state index is 0.128. The van der Waals surface area contributed by atoms with Gasteiger partial charge in [-0.05, 0) is 12.8 Å². The molecule has 0 aromatic carbocycles. The summed E-state index contributed by atoms with van der Waals surface area (Å²) >= 11 is 0. The van der Waals surface area contributed by atoms with E-state index in [9.17, 15) is 0 Å². The van der Waals surface area contributed by atoms with E-state index in [-0.39, 0.29) is 5.95 Å². The fourth-order valence-electron chi connectivity index (χ4n) is 0.940. The average molecular weight is 194 g/mol. The Morgan fingerprint density at radius 1 is 1.43 bits per heavy atom. The van der Waals surface area contributed by atoms with Gasteiger partial charge >= 0.3 is 0 Å². The van der Waals surface area contributed by atoms with Gasteiger partial charge in [0, 0.05) is 6.07 Å². The molecular formula is C9H14N4O. The second-order valence-electron chi connectivity index (χ2n) is 2.77. The zero-order chi connectivity index (χ0) is 10.4. The van der Waals surface area contributed by atoms with Crippen molar-refractivity contribution >= 4 is 11.8 Å². The SMILES string of the molecule is C=CCCCOc1cc(N)nc(N)n1. The van der Waals surface area contributed by atoms with Gasteiger partial charge in [-0.1, -0.05) is 6.08 Å². The highest BCUT2D eigenvalue weighted by Gasteiger charge is 1.99. The summed E-state index contributed by atoms with van der Waals surface area (Å²) in [7, 11) is 0. The molecule has 1 aromatic heterocycles. The molecule has 0 aliphatic heterocycles. The molecule has 1 rings (SSSR count). The Bertz CT molecular complexity index is 293. The normalized spacial score (nSPS) is 9.71. The monoisotopic (exact) mass is 194 g/mol. The number of nitrogens with zero attached hydrogens (tertiary/aromatic N) is 2. The van der Waals surface area contributed by atoms with Crippen molar-refractivity contribution in [3.05, 3.63) is 18.7 Å². The van der Waals surface area contributed by atoms with Gasteiger partial charge in [0.25, 0.3) is 0 Å². The highest BCUT2D eigenvalue weighted by molar-refractivity contribution is 5.38. The molecule has 0 saturated heterocycles. The molecule has 0 spiro atoms. The fourth-order valence-corrected chi connectivity index (χ4v) is 0.940. The standard InChI is InChI=1S/C9H14N4O/c1-2-3-4-5-14-8-6-7(10)12-9(11)13-8/h2,6H,1,3-5H2,(H4,10,11,12,13). The van der Waals surface area contributed by atoms with Crippen molar-refractivity contribution in [3.63, 3.8) is 0 Å². The number of anilines is 2. The van der Waals surface area contributed by atoms with Gasteiger partial charge in [0.05, 0.1) is 6.61 Å². The number of allylic oxidation sites excluding steroid dienone is 1. The number of ether oxygens (including phenoxy) is 1. The fraction of sp³-hybridized carbons (Fsp3) is 0.333.